The van der Waals surface area contributed by atoms with Gasteiger partial charge in [-0.3, -0.25) is 0 Å². The van der Waals surface area contributed by atoms with Crippen LogP contribution in [-0.2, 0) is 5.75 Å². The van der Waals surface area contributed by atoms with Crippen molar-refractivity contribution in [3.05, 3.63) is 77.4 Å². The maximum Gasteiger partial charge on any atom is 0.237 e. The summed E-state index contributed by atoms with van der Waals surface area (Å²) in [4.78, 5) is 4.36. The molecular formula is C19H12ClFN4OS. The fraction of sp³-hybridized carbons (Fsp3) is 0.0526. The molecule has 0 N–H and O–H groups in total. The van der Waals surface area contributed by atoms with Crippen LogP contribution in [0.5, 0.6) is 0 Å². The van der Waals surface area contributed by atoms with Crippen molar-refractivity contribution in [3.8, 4) is 22.6 Å². The molecule has 5 nitrogen and oxygen atoms in total. The van der Waals surface area contributed by atoms with Crippen molar-refractivity contribution in [1.82, 2.24) is 20.3 Å². The lowest BCUT2D eigenvalue weighted by Crippen LogP contribution is -1.90. The van der Waals surface area contributed by atoms with E-state index in [2.05, 4.69) is 20.3 Å². The highest BCUT2D eigenvalue weighted by Gasteiger charge is 2.12. The van der Waals surface area contributed by atoms with Gasteiger partial charge in [0.25, 0.3) is 0 Å². The minimum absolute atomic E-state index is 0.283. The average Bonchev–Trinajstić information content (AvgIpc) is 3.17. The SMILES string of the molecule is Fc1ccc(-c2ccc(SCc3nc(-c4ccccc4Cl)no3)nn2)cc1. The zero-order chi connectivity index (χ0) is 18.6. The van der Waals surface area contributed by atoms with Crippen LogP contribution in [0.4, 0.5) is 4.39 Å². The Hall–Kier alpha value is -2.77. The summed E-state index contributed by atoms with van der Waals surface area (Å²) in [5.41, 5.74) is 2.21. The molecule has 134 valence electrons. The normalized spacial score (nSPS) is 10.9. The van der Waals surface area contributed by atoms with Gasteiger partial charge in [0.2, 0.25) is 11.7 Å². The van der Waals surface area contributed by atoms with Crippen LogP contribution in [0.15, 0.2) is 70.2 Å². The van der Waals surface area contributed by atoms with Gasteiger partial charge in [-0.2, -0.15) is 4.98 Å². The van der Waals surface area contributed by atoms with Crippen molar-refractivity contribution < 1.29 is 8.91 Å². The predicted octanol–water partition coefficient (Wildman–Crippen LogP) is 5.28. The predicted molar refractivity (Wildman–Crippen MR) is 102 cm³/mol. The summed E-state index contributed by atoms with van der Waals surface area (Å²) in [6.07, 6.45) is 0. The number of thioether (sulfide) groups is 1. The van der Waals surface area contributed by atoms with E-state index in [9.17, 15) is 4.39 Å². The molecule has 0 amide bonds. The standard InChI is InChI=1S/C19H12ClFN4OS/c20-15-4-2-1-3-14(15)19-22-17(26-25-19)11-27-18-10-9-16(23-24-18)12-5-7-13(21)8-6-12/h1-10H,11H2. The Morgan fingerprint density at radius 1 is 0.963 bits per heavy atom. The topological polar surface area (TPSA) is 64.7 Å². The lowest BCUT2D eigenvalue weighted by Gasteiger charge is -2.01. The van der Waals surface area contributed by atoms with Gasteiger partial charge < -0.3 is 4.52 Å². The third-order valence-electron chi connectivity index (χ3n) is 3.71. The molecule has 2 heterocycles. The van der Waals surface area contributed by atoms with Gasteiger partial charge in [-0.25, -0.2) is 4.39 Å². The highest BCUT2D eigenvalue weighted by Crippen LogP contribution is 2.27. The summed E-state index contributed by atoms with van der Waals surface area (Å²) in [7, 11) is 0. The summed E-state index contributed by atoms with van der Waals surface area (Å²) < 4.78 is 18.3. The first kappa shape index (κ1) is 17.6. The van der Waals surface area contributed by atoms with E-state index in [1.165, 1.54) is 23.9 Å². The van der Waals surface area contributed by atoms with E-state index in [-0.39, 0.29) is 5.82 Å². The lowest BCUT2D eigenvalue weighted by atomic mass is 10.1. The first-order valence-electron chi connectivity index (χ1n) is 7.99. The van der Waals surface area contributed by atoms with Gasteiger partial charge in [0.15, 0.2) is 0 Å². The molecular weight excluding hydrogens is 387 g/mol. The van der Waals surface area contributed by atoms with Crippen molar-refractivity contribution in [3.63, 3.8) is 0 Å². The van der Waals surface area contributed by atoms with E-state index in [1.807, 2.05) is 30.3 Å². The minimum atomic E-state index is -0.283. The monoisotopic (exact) mass is 398 g/mol. The minimum Gasteiger partial charge on any atom is -0.338 e. The summed E-state index contributed by atoms with van der Waals surface area (Å²) >= 11 is 7.58. The zero-order valence-corrected chi connectivity index (χ0v) is 15.4. The third-order valence-corrected chi connectivity index (χ3v) is 4.94. The number of nitrogens with zero attached hydrogens (tertiary/aromatic N) is 4. The maximum absolute atomic E-state index is 13.0. The molecule has 0 atom stereocenters. The van der Waals surface area contributed by atoms with Crippen LogP contribution in [0.3, 0.4) is 0 Å². The van der Waals surface area contributed by atoms with Gasteiger partial charge in [0.1, 0.15) is 10.8 Å². The molecule has 0 saturated heterocycles. The number of halogens is 2. The van der Waals surface area contributed by atoms with Crippen LogP contribution in [0, 0.1) is 5.82 Å². The van der Waals surface area contributed by atoms with Gasteiger partial charge in [-0.15, -0.1) is 10.2 Å². The molecule has 0 aliphatic heterocycles. The van der Waals surface area contributed by atoms with Crippen LogP contribution >= 0.6 is 23.4 Å². The van der Waals surface area contributed by atoms with Crippen LogP contribution in [0.1, 0.15) is 5.89 Å². The Balaban J connectivity index is 1.42. The fourth-order valence-corrected chi connectivity index (χ4v) is 3.24. The van der Waals surface area contributed by atoms with E-state index in [4.69, 9.17) is 16.1 Å². The molecule has 0 fully saturated rings. The Bertz CT molecular complexity index is 1050. The van der Waals surface area contributed by atoms with Crippen LogP contribution < -0.4 is 0 Å². The van der Waals surface area contributed by atoms with Crippen molar-refractivity contribution in [2.45, 2.75) is 10.8 Å². The average molecular weight is 399 g/mol. The summed E-state index contributed by atoms with van der Waals surface area (Å²) in [6.45, 7) is 0. The van der Waals surface area contributed by atoms with Gasteiger partial charge in [0, 0.05) is 11.1 Å². The van der Waals surface area contributed by atoms with Crippen molar-refractivity contribution in [2.75, 3.05) is 0 Å². The third kappa shape index (κ3) is 4.15. The van der Waals surface area contributed by atoms with Crippen molar-refractivity contribution in [1.29, 1.82) is 0 Å². The Kier molecular flexibility index (Phi) is 5.13. The van der Waals surface area contributed by atoms with Gasteiger partial charge in [0.05, 0.1) is 16.5 Å². The molecule has 4 aromatic rings. The zero-order valence-electron chi connectivity index (χ0n) is 13.8. The van der Waals surface area contributed by atoms with Gasteiger partial charge in [-0.05, 0) is 48.5 Å². The molecule has 2 aromatic carbocycles. The second-order valence-electron chi connectivity index (χ2n) is 5.54. The Labute approximate surface area is 163 Å². The van der Waals surface area contributed by atoms with Crippen LogP contribution in [0.25, 0.3) is 22.6 Å². The lowest BCUT2D eigenvalue weighted by molar-refractivity contribution is 0.391. The first-order valence-corrected chi connectivity index (χ1v) is 9.35. The Morgan fingerprint density at radius 3 is 2.52 bits per heavy atom. The first-order chi connectivity index (χ1) is 13.2. The van der Waals surface area contributed by atoms with Gasteiger partial charge in [-0.1, -0.05) is 40.7 Å². The van der Waals surface area contributed by atoms with E-state index in [1.54, 1.807) is 18.2 Å². The van der Waals surface area contributed by atoms with Crippen molar-refractivity contribution in [2.24, 2.45) is 0 Å². The number of benzene rings is 2. The van der Waals surface area contributed by atoms with Crippen LogP contribution in [-0.4, -0.2) is 20.3 Å². The van der Waals surface area contributed by atoms with Crippen LogP contribution in [0.2, 0.25) is 5.02 Å². The molecule has 0 saturated carbocycles. The molecule has 0 radical (unpaired) electrons. The van der Waals surface area contributed by atoms with E-state index in [0.717, 1.165) is 16.2 Å². The molecule has 0 bridgehead atoms. The number of rotatable bonds is 5. The molecule has 27 heavy (non-hydrogen) atoms. The number of hydrogen-bond donors (Lipinski definition) is 0. The quantitative estimate of drug-likeness (QED) is 0.426. The van der Waals surface area contributed by atoms with E-state index >= 15 is 0 Å². The Morgan fingerprint density at radius 2 is 1.78 bits per heavy atom. The smallest absolute Gasteiger partial charge is 0.237 e. The molecule has 4 rings (SSSR count). The van der Waals surface area contributed by atoms with E-state index < -0.39 is 0 Å². The number of hydrogen-bond acceptors (Lipinski definition) is 6. The summed E-state index contributed by atoms with van der Waals surface area (Å²) in [6, 6.07) is 17.1. The molecule has 0 aliphatic carbocycles. The molecule has 0 aliphatic rings. The molecule has 2 aromatic heterocycles. The second kappa shape index (κ2) is 7.85. The molecule has 0 spiro atoms. The molecule has 8 heteroatoms. The number of aromatic nitrogens is 4. The van der Waals surface area contributed by atoms with E-state index in [0.29, 0.717) is 28.2 Å². The largest absolute Gasteiger partial charge is 0.338 e. The summed E-state index contributed by atoms with van der Waals surface area (Å²) in [5.74, 6) is 1.10. The second-order valence-corrected chi connectivity index (χ2v) is 6.95. The highest BCUT2D eigenvalue weighted by atomic mass is 35.5. The van der Waals surface area contributed by atoms with Crippen molar-refractivity contribution >= 4 is 23.4 Å². The van der Waals surface area contributed by atoms with Gasteiger partial charge >= 0.3 is 0 Å². The summed E-state index contributed by atoms with van der Waals surface area (Å²) in [5, 5.41) is 13.6. The molecule has 0 unspecified atom stereocenters. The highest BCUT2D eigenvalue weighted by molar-refractivity contribution is 7.98. The fourth-order valence-electron chi connectivity index (χ4n) is 2.37. The maximum atomic E-state index is 13.0.